The first kappa shape index (κ1) is 28.1. The van der Waals surface area contributed by atoms with E-state index in [1.54, 1.807) is 54.6 Å². The van der Waals surface area contributed by atoms with Gasteiger partial charge in [0.15, 0.2) is 6.61 Å². The van der Waals surface area contributed by atoms with Crippen LogP contribution in [0.4, 0.5) is 0 Å². The van der Waals surface area contributed by atoms with Gasteiger partial charge in [0.25, 0.3) is 11.8 Å². The highest BCUT2D eigenvalue weighted by Crippen LogP contribution is 2.19. The minimum absolute atomic E-state index is 0.0552. The maximum absolute atomic E-state index is 13.1. The molecular weight excluding hydrogens is 520 g/mol. The van der Waals surface area contributed by atoms with E-state index < -0.39 is 22.5 Å². The van der Waals surface area contributed by atoms with Crippen molar-refractivity contribution < 1.29 is 27.2 Å². The normalized spacial score (nSPS) is 14.4. The molecule has 0 radical (unpaired) electrons. The van der Waals surface area contributed by atoms with Crippen molar-refractivity contribution >= 4 is 28.1 Å². The minimum Gasteiger partial charge on any atom is -0.484 e. The van der Waals surface area contributed by atoms with E-state index in [9.17, 15) is 18.0 Å². The summed E-state index contributed by atoms with van der Waals surface area (Å²) in [5.74, 6) is 0.195. The molecule has 2 amide bonds. The van der Waals surface area contributed by atoms with Crippen molar-refractivity contribution in [2.45, 2.75) is 49.6 Å². The third-order valence-electron chi connectivity index (χ3n) is 6.24. The van der Waals surface area contributed by atoms with Crippen molar-refractivity contribution in [3.05, 3.63) is 84.3 Å². The Balaban J connectivity index is 1.28. The molecule has 1 fully saturated rings. The summed E-state index contributed by atoms with van der Waals surface area (Å²) >= 11 is 0. The van der Waals surface area contributed by atoms with E-state index in [0.29, 0.717) is 17.1 Å². The van der Waals surface area contributed by atoms with Crippen LogP contribution in [0.2, 0.25) is 0 Å². The Kier molecular flexibility index (Phi) is 9.87. The Morgan fingerprint density at radius 2 is 1.72 bits per heavy atom. The fourth-order valence-corrected chi connectivity index (χ4v) is 5.62. The Hall–Kier alpha value is -3.96. The lowest BCUT2D eigenvalue weighted by molar-refractivity contribution is -0.124. The van der Waals surface area contributed by atoms with Crippen LogP contribution in [0.15, 0.2) is 87.4 Å². The van der Waals surface area contributed by atoms with Crippen LogP contribution in [0, 0.1) is 0 Å². The predicted octanol–water partition coefficient (Wildman–Crippen LogP) is 3.45. The lowest BCUT2D eigenvalue weighted by atomic mass is 9.95. The van der Waals surface area contributed by atoms with Gasteiger partial charge in [0.05, 0.1) is 30.5 Å². The molecule has 1 heterocycles. The number of rotatable bonds is 12. The summed E-state index contributed by atoms with van der Waals surface area (Å²) in [5, 5.41) is 6.95. The first-order valence-corrected chi connectivity index (χ1v) is 14.3. The van der Waals surface area contributed by atoms with Crippen molar-refractivity contribution in [2.24, 2.45) is 5.10 Å². The van der Waals surface area contributed by atoms with E-state index >= 15 is 0 Å². The number of carbonyl (C=O) groups excluding carboxylic acids is 2. The molecule has 206 valence electrons. The molecule has 39 heavy (non-hydrogen) atoms. The second-order valence-corrected chi connectivity index (χ2v) is 11.2. The summed E-state index contributed by atoms with van der Waals surface area (Å²) in [7, 11) is -3.96. The van der Waals surface area contributed by atoms with E-state index in [-0.39, 0.29) is 30.0 Å². The van der Waals surface area contributed by atoms with Gasteiger partial charge in [-0.15, -0.1) is 0 Å². The number of hydrogen-bond acceptors (Lipinski definition) is 7. The average Bonchev–Trinajstić information content (AvgIpc) is 3.47. The third kappa shape index (κ3) is 8.52. The number of furan rings is 1. The minimum atomic E-state index is -3.96. The molecule has 4 rings (SSSR count). The zero-order valence-electron chi connectivity index (χ0n) is 21.5. The highest BCUT2D eigenvalue weighted by atomic mass is 32.2. The molecule has 0 aliphatic heterocycles. The monoisotopic (exact) mass is 552 g/mol. The summed E-state index contributed by atoms with van der Waals surface area (Å²) in [5.41, 5.74) is 3.05. The summed E-state index contributed by atoms with van der Waals surface area (Å²) < 4.78 is 38.2. The van der Waals surface area contributed by atoms with Crippen LogP contribution in [0.5, 0.6) is 5.75 Å². The second kappa shape index (κ2) is 13.7. The lowest BCUT2D eigenvalue weighted by Gasteiger charge is -2.22. The molecule has 1 aliphatic rings. The van der Waals surface area contributed by atoms with Crippen LogP contribution in [-0.4, -0.2) is 49.9 Å². The smallest absolute Gasteiger partial charge is 0.258 e. The topological polar surface area (TPSA) is 130 Å². The first-order chi connectivity index (χ1) is 18.9. The van der Waals surface area contributed by atoms with Crippen LogP contribution in [0.1, 0.15) is 43.4 Å². The Morgan fingerprint density at radius 1 is 0.974 bits per heavy atom. The molecule has 2 aromatic carbocycles. The summed E-state index contributed by atoms with van der Waals surface area (Å²) in [6, 6.07) is 18.3. The maximum atomic E-state index is 13.1. The molecule has 0 bridgehead atoms. The van der Waals surface area contributed by atoms with E-state index in [4.69, 9.17) is 9.15 Å². The van der Waals surface area contributed by atoms with Crippen molar-refractivity contribution in [2.75, 3.05) is 13.2 Å². The number of nitrogens with zero attached hydrogens (tertiary/aromatic N) is 2. The van der Waals surface area contributed by atoms with Crippen LogP contribution >= 0.6 is 0 Å². The first-order valence-electron chi connectivity index (χ1n) is 12.8. The standard InChI is InChI=1S/C28H32N4O6S/c33-27(20-32(19-25-10-7-17-37-25)39(35,36)26-11-5-2-6-12-26)31-29-18-22-13-15-24(16-14-22)38-21-28(34)30-23-8-3-1-4-9-23/h2,5-7,10-18,23H,1,3-4,8-9,19-21H2,(H,30,34)(H,31,33)/b29-18-. The van der Waals surface area contributed by atoms with Crippen LogP contribution in [-0.2, 0) is 26.2 Å². The molecule has 11 heteroatoms. The lowest BCUT2D eigenvalue weighted by Crippen LogP contribution is -2.39. The van der Waals surface area contributed by atoms with Crippen LogP contribution < -0.4 is 15.5 Å². The van der Waals surface area contributed by atoms with E-state index in [2.05, 4.69) is 15.8 Å². The molecule has 0 spiro atoms. The maximum Gasteiger partial charge on any atom is 0.258 e. The number of hydrogen-bond donors (Lipinski definition) is 2. The Labute approximate surface area is 228 Å². The van der Waals surface area contributed by atoms with Gasteiger partial charge in [-0.25, -0.2) is 13.8 Å². The van der Waals surface area contributed by atoms with Crippen LogP contribution in [0.3, 0.4) is 0 Å². The SMILES string of the molecule is O=C(CN(Cc1ccco1)S(=O)(=O)c1ccccc1)N/N=C\c1ccc(OCC(=O)NC2CCCCC2)cc1. The van der Waals surface area contributed by atoms with E-state index in [0.717, 1.165) is 30.0 Å². The molecule has 1 aromatic heterocycles. The predicted molar refractivity (Wildman–Crippen MR) is 145 cm³/mol. The number of nitrogens with one attached hydrogen (secondary N) is 2. The van der Waals surface area contributed by atoms with E-state index in [1.807, 2.05) is 0 Å². The highest BCUT2D eigenvalue weighted by molar-refractivity contribution is 7.89. The zero-order valence-corrected chi connectivity index (χ0v) is 22.3. The Morgan fingerprint density at radius 3 is 2.41 bits per heavy atom. The molecule has 0 unspecified atom stereocenters. The zero-order chi connectivity index (χ0) is 27.5. The highest BCUT2D eigenvalue weighted by Gasteiger charge is 2.27. The summed E-state index contributed by atoms with van der Waals surface area (Å²) in [6.07, 6.45) is 8.41. The summed E-state index contributed by atoms with van der Waals surface area (Å²) in [6.45, 7) is -0.618. The fourth-order valence-electron chi connectivity index (χ4n) is 4.23. The van der Waals surface area contributed by atoms with Gasteiger partial charge in [-0.05, 0) is 66.9 Å². The largest absolute Gasteiger partial charge is 0.484 e. The third-order valence-corrected chi connectivity index (χ3v) is 8.04. The van der Waals surface area contributed by atoms with Gasteiger partial charge in [-0.3, -0.25) is 9.59 Å². The molecule has 1 aliphatic carbocycles. The van der Waals surface area contributed by atoms with Gasteiger partial charge >= 0.3 is 0 Å². The number of benzene rings is 2. The van der Waals surface area contributed by atoms with Crippen molar-refractivity contribution in [1.29, 1.82) is 0 Å². The van der Waals surface area contributed by atoms with Gasteiger partial charge in [-0.1, -0.05) is 37.5 Å². The molecule has 1 saturated carbocycles. The average molecular weight is 553 g/mol. The van der Waals surface area contributed by atoms with Crippen molar-refractivity contribution in [3.63, 3.8) is 0 Å². The molecule has 0 saturated heterocycles. The van der Waals surface area contributed by atoms with Crippen molar-refractivity contribution in [1.82, 2.24) is 15.0 Å². The van der Waals surface area contributed by atoms with Crippen molar-refractivity contribution in [3.8, 4) is 5.75 Å². The number of amides is 2. The number of ether oxygens (including phenoxy) is 1. The van der Waals surface area contributed by atoms with Gasteiger partial charge in [0.1, 0.15) is 11.5 Å². The quantitative estimate of drug-likeness (QED) is 0.262. The van der Waals surface area contributed by atoms with Crippen LogP contribution in [0.25, 0.3) is 0 Å². The number of carbonyl (C=O) groups is 2. The van der Waals surface area contributed by atoms with Gasteiger partial charge in [0, 0.05) is 6.04 Å². The second-order valence-electron chi connectivity index (χ2n) is 9.22. The number of hydrazone groups is 1. The molecular formula is C28H32N4O6S. The van der Waals surface area contributed by atoms with Gasteiger partial charge in [0.2, 0.25) is 10.0 Å². The Bertz CT molecular complexity index is 1340. The fraction of sp³-hybridized carbons (Fsp3) is 0.321. The van der Waals surface area contributed by atoms with Gasteiger partial charge < -0.3 is 14.5 Å². The molecule has 0 atom stereocenters. The number of sulfonamides is 1. The van der Waals surface area contributed by atoms with Gasteiger partial charge in [-0.2, -0.15) is 9.41 Å². The molecule has 3 aromatic rings. The van der Waals surface area contributed by atoms with E-state index in [1.165, 1.54) is 31.0 Å². The summed E-state index contributed by atoms with van der Waals surface area (Å²) in [4.78, 5) is 24.8. The molecule has 10 nitrogen and oxygen atoms in total. The molecule has 2 N–H and O–H groups in total.